The summed E-state index contributed by atoms with van der Waals surface area (Å²) >= 11 is 0. The van der Waals surface area contributed by atoms with Gasteiger partial charge in [0, 0.05) is 29.4 Å². The SMILES string of the molecule is NC1=NCC(c2[nH]c(-c3ccc(F)c(C=O)c3)nc2-c2ccncc2)C=C1O. The number of rotatable bonds is 4. The first-order valence-electron chi connectivity index (χ1n) is 8.53. The largest absolute Gasteiger partial charge is 0.504 e. The summed E-state index contributed by atoms with van der Waals surface area (Å²) in [6.07, 6.45) is 5.39. The second-order valence-electron chi connectivity index (χ2n) is 6.32. The Hall–Kier alpha value is -3.81. The van der Waals surface area contributed by atoms with Gasteiger partial charge in [0.15, 0.2) is 17.9 Å². The van der Waals surface area contributed by atoms with Crippen molar-refractivity contribution in [2.24, 2.45) is 10.7 Å². The molecule has 1 atom stereocenters. The maximum atomic E-state index is 13.7. The Morgan fingerprint density at radius 1 is 1.21 bits per heavy atom. The number of H-pyrrole nitrogens is 1. The van der Waals surface area contributed by atoms with E-state index in [9.17, 15) is 14.3 Å². The van der Waals surface area contributed by atoms with Crippen molar-refractivity contribution in [3.63, 3.8) is 0 Å². The van der Waals surface area contributed by atoms with Gasteiger partial charge in [0.2, 0.25) is 0 Å². The van der Waals surface area contributed by atoms with E-state index in [0.717, 1.165) is 11.3 Å². The fourth-order valence-corrected chi connectivity index (χ4v) is 3.08. The number of carbonyl (C=O) groups is 1. The number of halogens is 1. The third-order valence-corrected chi connectivity index (χ3v) is 4.53. The summed E-state index contributed by atoms with van der Waals surface area (Å²) in [5, 5.41) is 9.97. The highest BCUT2D eigenvalue weighted by atomic mass is 19.1. The molecule has 0 radical (unpaired) electrons. The molecule has 1 unspecified atom stereocenters. The predicted molar refractivity (Wildman–Crippen MR) is 103 cm³/mol. The number of dihydropyridines is 1. The maximum absolute atomic E-state index is 13.7. The minimum atomic E-state index is -0.593. The molecule has 1 aliphatic heterocycles. The minimum absolute atomic E-state index is 0.0477. The van der Waals surface area contributed by atoms with Crippen LogP contribution < -0.4 is 5.73 Å². The molecule has 0 saturated heterocycles. The van der Waals surface area contributed by atoms with Gasteiger partial charge in [-0.15, -0.1) is 0 Å². The number of hydrogen-bond acceptors (Lipinski definition) is 6. The highest BCUT2D eigenvalue weighted by Gasteiger charge is 2.24. The number of amidine groups is 1. The van der Waals surface area contributed by atoms with Gasteiger partial charge in [0.25, 0.3) is 0 Å². The Balaban J connectivity index is 1.85. The number of imidazole rings is 1. The first-order valence-corrected chi connectivity index (χ1v) is 8.53. The number of aliphatic imine (C=N–C) groups is 1. The second kappa shape index (κ2) is 7.07. The van der Waals surface area contributed by atoms with Gasteiger partial charge in [-0.1, -0.05) is 0 Å². The van der Waals surface area contributed by atoms with Crippen LogP contribution in [-0.2, 0) is 0 Å². The lowest BCUT2D eigenvalue weighted by Crippen LogP contribution is -2.21. The number of nitrogens with zero attached hydrogens (tertiary/aromatic N) is 3. The van der Waals surface area contributed by atoms with Gasteiger partial charge in [-0.25, -0.2) is 9.37 Å². The van der Waals surface area contributed by atoms with Crippen molar-refractivity contribution < 1.29 is 14.3 Å². The average Bonchev–Trinajstić information content (AvgIpc) is 3.16. The van der Waals surface area contributed by atoms with Gasteiger partial charge in [-0.2, -0.15) is 0 Å². The van der Waals surface area contributed by atoms with E-state index in [1.165, 1.54) is 12.1 Å². The number of hydrogen-bond donors (Lipinski definition) is 3. The number of aromatic amines is 1. The molecule has 7 nitrogen and oxygen atoms in total. The molecule has 0 amide bonds. The van der Waals surface area contributed by atoms with E-state index in [2.05, 4.69) is 19.9 Å². The van der Waals surface area contributed by atoms with Crippen LogP contribution in [0.4, 0.5) is 4.39 Å². The molecule has 28 heavy (non-hydrogen) atoms. The molecule has 1 aromatic carbocycles. The lowest BCUT2D eigenvalue weighted by molar-refractivity contribution is 0.112. The Kier molecular flexibility index (Phi) is 4.44. The van der Waals surface area contributed by atoms with Crippen molar-refractivity contribution in [2.45, 2.75) is 5.92 Å². The summed E-state index contributed by atoms with van der Waals surface area (Å²) in [7, 11) is 0. The van der Waals surface area contributed by atoms with Crippen molar-refractivity contribution >= 4 is 12.1 Å². The van der Waals surface area contributed by atoms with Crippen LogP contribution in [-0.4, -0.2) is 38.7 Å². The zero-order valence-electron chi connectivity index (χ0n) is 14.6. The first kappa shape index (κ1) is 17.6. The molecule has 3 heterocycles. The van der Waals surface area contributed by atoms with Gasteiger partial charge in [0.1, 0.15) is 11.6 Å². The molecule has 140 valence electrons. The number of nitrogens with two attached hydrogens (primary N) is 1. The van der Waals surface area contributed by atoms with E-state index in [4.69, 9.17) is 5.73 Å². The Bertz CT molecular complexity index is 1110. The lowest BCUT2D eigenvalue weighted by atomic mass is 9.98. The molecular weight excluding hydrogens is 361 g/mol. The molecule has 4 N–H and O–H groups in total. The molecule has 2 aromatic heterocycles. The fraction of sp³-hybridized carbons (Fsp3) is 0.100. The number of aldehydes is 1. The normalized spacial score (nSPS) is 16.4. The molecule has 0 aliphatic carbocycles. The first-order chi connectivity index (χ1) is 13.6. The van der Waals surface area contributed by atoms with Crippen molar-refractivity contribution in [3.05, 3.63) is 71.6 Å². The van der Waals surface area contributed by atoms with Crippen molar-refractivity contribution in [3.8, 4) is 22.6 Å². The fourth-order valence-electron chi connectivity index (χ4n) is 3.08. The Labute approximate surface area is 159 Å². The summed E-state index contributed by atoms with van der Waals surface area (Å²) in [6, 6.07) is 7.84. The Morgan fingerprint density at radius 2 is 2.00 bits per heavy atom. The zero-order valence-corrected chi connectivity index (χ0v) is 14.6. The third kappa shape index (κ3) is 3.16. The van der Waals surface area contributed by atoms with Gasteiger partial charge < -0.3 is 15.8 Å². The highest BCUT2D eigenvalue weighted by Crippen LogP contribution is 2.33. The monoisotopic (exact) mass is 377 g/mol. The molecule has 8 heteroatoms. The van der Waals surface area contributed by atoms with Crippen molar-refractivity contribution in [1.82, 2.24) is 15.0 Å². The van der Waals surface area contributed by atoms with E-state index < -0.39 is 5.82 Å². The standard InChI is InChI=1S/C20H16FN5O2/c21-15-2-1-12(7-14(15)10-27)20-25-17(11-3-5-23-6-4-11)18(26-20)13-8-16(28)19(22)24-9-13/h1-8,10,13,28H,9H2,(H2,22,24)(H,25,26). The number of aliphatic hydroxyl groups is 1. The van der Waals surface area contributed by atoms with Crippen LogP contribution >= 0.6 is 0 Å². The van der Waals surface area contributed by atoms with Crippen molar-refractivity contribution in [1.29, 1.82) is 0 Å². The molecule has 1 aliphatic rings. The summed E-state index contributed by atoms with van der Waals surface area (Å²) in [5.41, 5.74) is 8.35. The Morgan fingerprint density at radius 3 is 2.71 bits per heavy atom. The van der Waals surface area contributed by atoms with E-state index in [1.807, 2.05) is 12.1 Å². The van der Waals surface area contributed by atoms with Gasteiger partial charge in [0.05, 0.1) is 23.5 Å². The van der Waals surface area contributed by atoms with E-state index in [0.29, 0.717) is 29.9 Å². The average molecular weight is 377 g/mol. The molecule has 3 aromatic rings. The maximum Gasteiger partial charge on any atom is 0.160 e. The van der Waals surface area contributed by atoms with Crippen LogP contribution in [0.15, 0.2) is 59.6 Å². The van der Waals surface area contributed by atoms with E-state index >= 15 is 0 Å². The van der Waals surface area contributed by atoms with Gasteiger partial charge >= 0.3 is 0 Å². The third-order valence-electron chi connectivity index (χ3n) is 4.53. The smallest absolute Gasteiger partial charge is 0.160 e. The predicted octanol–water partition coefficient (Wildman–Crippen LogP) is 2.99. The quantitative estimate of drug-likeness (QED) is 0.604. The van der Waals surface area contributed by atoms with Gasteiger partial charge in [-0.05, 0) is 36.4 Å². The van der Waals surface area contributed by atoms with E-state index in [-0.39, 0.29) is 23.1 Å². The number of aliphatic hydroxyl groups excluding tert-OH is 1. The van der Waals surface area contributed by atoms with Crippen LogP contribution in [0, 0.1) is 5.82 Å². The van der Waals surface area contributed by atoms with Crippen molar-refractivity contribution in [2.75, 3.05) is 6.54 Å². The van der Waals surface area contributed by atoms with Crippen LogP contribution in [0.5, 0.6) is 0 Å². The molecule has 0 fully saturated rings. The minimum Gasteiger partial charge on any atom is -0.504 e. The lowest BCUT2D eigenvalue weighted by Gasteiger charge is -2.16. The molecule has 4 rings (SSSR count). The summed E-state index contributed by atoms with van der Waals surface area (Å²) in [5.74, 6) is -0.387. The molecular formula is C20H16FN5O2. The van der Waals surface area contributed by atoms with Crippen LogP contribution in [0.3, 0.4) is 0 Å². The molecule has 0 saturated carbocycles. The number of pyridine rings is 1. The topological polar surface area (TPSA) is 117 Å². The number of aromatic nitrogens is 3. The number of nitrogens with one attached hydrogen (secondary N) is 1. The number of benzene rings is 1. The summed E-state index contributed by atoms with van der Waals surface area (Å²) in [6.45, 7) is 0.346. The summed E-state index contributed by atoms with van der Waals surface area (Å²) < 4.78 is 13.7. The van der Waals surface area contributed by atoms with Gasteiger partial charge in [-0.3, -0.25) is 14.8 Å². The van der Waals surface area contributed by atoms with Crippen LogP contribution in [0.25, 0.3) is 22.6 Å². The molecule has 0 bridgehead atoms. The summed E-state index contributed by atoms with van der Waals surface area (Å²) in [4.78, 5) is 27.1. The molecule has 0 spiro atoms. The second-order valence-corrected chi connectivity index (χ2v) is 6.32. The number of carbonyl (C=O) groups excluding carboxylic acids is 1. The van der Waals surface area contributed by atoms with Crippen LogP contribution in [0.1, 0.15) is 22.0 Å². The van der Waals surface area contributed by atoms with E-state index in [1.54, 1.807) is 24.5 Å². The highest BCUT2D eigenvalue weighted by molar-refractivity contribution is 5.95. The zero-order chi connectivity index (χ0) is 19.7. The van der Waals surface area contributed by atoms with Crippen LogP contribution in [0.2, 0.25) is 0 Å².